The molecule has 0 saturated heterocycles. The normalized spacial score (nSPS) is 13.3. The van der Waals surface area contributed by atoms with E-state index in [9.17, 15) is 0 Å². The summed E-state index contributed by atoms with van der Waals surface area (Å²) in [5.74, 6) is 6.06. The Bertz CT molecular complexity index is 356. The number of rotatable bonds is 4. The molecule has 1 atom stereocenters. The smallest absolute Gasteiger partial charge is 0.206 e. The summed E-state index contributed by atoms with van der Waals surface area (Å²) in [5.41, 5.74) is 5.07. The van der Waals surface area contributed by atoms with Crippen LogP contribution in [0.3, 0.4) is 0 Å². The standard InChI is InChI=1S/C13H22N4/c1-4-9-15-13(17-14)16-11(3)12-7-5-10(2)6-8-12/h5-8,11H,4,9,14H2,1-3H3,(H2,15,16,17). The summed E-state index contributed by atoms with van der Waals surface area (Å²) in [4.78, 5) is 4.31. The largest absolute Gasteiger partial charge is 0.349 e. The fraction of sp³-hybridized carbons (Fsp3) is 0.462. The molecule has 94 valence electrons. The van der Waals surface area contributed by atoms with E-state index in [2.05, 4.69) is 60.8 Å². The maximum atomic E-state index is 5.42. The number of hydrazine groups is 1. The van der Waals surface area contributed by atoms with E-state index in [4.69, 9.17) is 5.84 Å². The zero-order valence-electron chi connectivity index (χ0n) is 10.8. The third-order valence-corrected chi connectivity index (χ3v) is 2.56. The predicted octanol–water partition coefficient (Wildman–Crippen LogP) is 1.87. The lowest BCUT2D eigenvalue weighted by atomic mass is 10.1. The summed E-state index contributed by atoms with van der Waals surface area (Å²) in [6, 6.07) is 8.61. The van der Waals surface area contributed by atoms with E-state index >= 15 is 0 Å². The van der Waals surface area contributed by atoms with Crippen molar-refractivity contribution in [1.82, 2.24) is 10.7 Å². The molecule has 4 nitrogen and oxygen atoms in total. The van der Waals surface area contributed by atoms with E-state index in [-0.39, 0.29) is 6.04 Å². The number of guanidine groups is 1. The Balaban J connectivity index is 2.64. The number of hydrogen-bond acceptors (Lipinski definition) is 2. The molecule has 4 N–H and O–H groups in total. The van der Waals surface area contributed by atoms with Crippen LogP contribution in [0, 0.1) is 6.92 Å². The lowest BCUT2D eigenvalue weighted by Gasteiger charge is -2.17. The molecule has 0 radical (unpaired) electrons. The Morgan fingerprint density at radius 2 is 2.00 bits per heavy atom. The molecule has 0 saturated carbocycles. The topological polar surface area (TPSA) is 62.4 Å². The molecule has 1 aromatic rings. The second kappa shape index (κ2) is 6.91. The quantitative estimate of drug-likeness (QED) is 0.322. The molecule has 0 aliphatic heterocycles. The molecule has 0 amide bonds. The van der Waals surface area contributed by atoms with Crippen LogP contribution in [0.1, 0.15) is 37.4 Å². The molecule has 0 bridgehead atoms. The minimum absolute atomic E-state index is 0.183. The van der Waals surface area contributed by atoms with Gasteiger partial charge in [0, 0.05) is 6.54 Å². The summed E-state index contributed by atoms with van der Waals surface area (Å²) in [5, 5.41) is 3.25. The average Bonchev–Trinajstić information content (AvgIpc) is 2.35. The fourth-order valence-corrected chi connectivity index (χ4v) is 1.50. The number of nitrogens with two attached hydrogens (primary N) is 1. The van der Waals surface area contributed by atoms with Crippen molar-refractivity contribution in [1.29, 1.82) is 0 Å². The third-order valence-electron chi connectivity index (χ3n) is 2.56. The molecule has 0 fully saturated rings. The van der Waals surface area contributed by atoms with Crippen molar-refractivity contribution in [3.8, 4) is 0 Å². The Labute approximate surface area is 103 Å². The Morgan fingerprint density at radius 3 is 2.53 bits per heavy atom. The minimum atomic E-state index is 0.183. The van der Waals surface area contributed by atoms with Crippen molar-refractivity contribution in [3.63, 3.8) is 0 Å². The summed E-state index contributed by atoms with van der Waals surface area (Å²) >= 11 is 0. The van der Waals surface area contributed by atoms with Gasteiger partial charge in [0.15, 0.2) is 0 Å². The van der Waals surface area contributed by atoms with Crippen LogP contribution >= 0.6 is 0 Å². The van der Waals surface area contributed by atoms with E-state index in [0.29, 0.717) is 5.96 Å². The van der Waals surface area contributed by atoms with Gasteiger partial charge in [0.25, 0.3) is 0 Å². The van der Waals surface area contributed by atoms with Crippen LogP contribution in [-0.2, 0) is 0 Å². The third kappa shape index (κ3) is 4.44. The van der Waals surface area contributed by atoms with E-state index in [1.807, 2.05) is 0 Å². The number of benzene rings is 1. The SMILES string of the molecule is CCCN=C(NN)NC(C)c1ccc(C)cc1. The first-order valence-corrected chi connectivity index (χ1v) is 6.01. The lowest BCUT2D eigenvalue weighted by molar-refractivity contribution is 0.686. The van der Waals surface area contributed by atoms with Crippen molar-refractivity contribution in [2.45, 2.75) is 33.2 Å². The van der Waals surface area contributed by atoms with Crippen molar-refractivity contribution in [2.75, 3.05) is 6.54 Å². The summed E-state index contributed by atoms with van der Waals surface area (Å²) in [6.07, 6.45) is 1.01. The van der Waals surface area contributed by atoms with E-state index in [1.165, 1.54) is 11.1 Å². The highest BCUT2D eigenvalue weighted by Gasteiger charge is 2.06. The number of aliphatic imine (C=N–C) groups is 1. The Morgan fingerprint density at radius 1 is 1.35 bits per heavy atom. The molecule has 1 rings (SSSR count). The first-order valence-electron chi connectivity index (χ1n) is 6.01. The molecule has 0 spiro atoms. The molecule has 1 unspecified atom stereocenters. The van der Waals surface area contributed by atoms with Crippen LogP contribution in [-0.4, -0.2) is 12.5 Å². The van der Waals surface area contributed by atoms with Crippen LogP contribution in [0.15, 0.2) is 29.3 Å². The number of hydrogen-bond donors (Lipinski definition) is 3. The molecule has 0 aromatic heterocycles. The van der Waals surface area contributed by atoms with Gasteiger partial charge in [-0.1, -0.05) is 36.8 Å². The lowest BCUT2D eigenvalue weighted by Crippen LogP contribution is -2.42. The zero-order valence-corrected chi connectivity index (χ0v) is 10.8. The summed E-state index contributed by atoms with van der Waals surface area (Å²) in [7, 11) is 0. The van der Waals surface area contributed by atoms with Crippen LogP contribution < -0.4 is 16.6 Å². The molecule has 0 aliphatic rings. The van der Waals surface area contributed by atoms with Gasteiger partial charge in [0.05, 0.1) is 6.04 Å². The van der Waals surface area contributed by atoms with Gasteiger partial charge in [-0.15, -0.1) is 0 Å². The molecule has 0 aliphatic carbocycles. The number of aryl methyl sites for hydroxylation is 1. The van der Waals surface area contributed by atoms with Crippen LogP contribution in [0.2, 0.25) is 0 Å². The molecular weight excluding hydrogens is 212 g/mol. The first-order chi connectivity index (χ1) is 8.17. The van der Waals surface area contributed by atoms with Crippen LogP contribution in [0.4, 0.5) is 0 Å². The van der Waals surface area contributed by atoms with Crippen molar-refractivity contribution in [3.05, 3.63) is 35.4 Å². The highest BCUT2D eigenvalue weighted by molar-refractivity contribution is 5.79. The molecule has 0 heterocycles. The van der Waals surface area contributed by atoms with E-state index in [1.54, 1.807) is 0 Å². The van der Waals surface area contributed by atoms with Crippen molar-refractivity contribution in [2.24, 2.45) is 10.8 Å². The molecule has 17 heavy (non-hydrogen) atoms. The predicted molar refractivity (Wildman–Crippen MR) is 72.6 cm³/mol. The highest BCUT2D eigenvalue weighted by Crippen LogP contribution is 2.12. The van der Waals surface area contributed by atoms with E-state index < -0.39 is 0 Å². The molecular formula is C13H22N4. The van der Waals surface area contributed by atoms with Gasteiger partial charge >= 0.3 is 0 Å². The van der Waals surface area contributed by atoms with Gasteiger partial charge in [0.1, 0.15) is 0 Å². The van der Waals surface area contributed by atoms with Gasteiger partial charge in [0.2, 0.25) is 5.96 Å². The van der Waals surface area contributed by atoms with Crippen molar-refractivity contribution < 1.29 is 0 Å². The number of nitrogens with one attached hydrogen (secondary N) is 2. The van der Waals surface area contributed by atoms with Crippen LogP contribution in [0.25, 0.3) is 0 Å². The minimum Gasteiger partial charge on any atom is -0.349 e. The van der Waals surface area contributed by atoms with Gasteiger partial charge in [-0.05, 0) is 25.8 Å². The number of nitrogens with zero attached hydrogens (tertiary/aromatic N) is 1. The first kappa shape index (κ1) is 13.5. The van der Waals surface area contributed by atoms with E-state index in [0.717, 1.165) is 13.0 Å². The van der Waals surface area contributed by atoms with Gasteiger partial charge in [-0.2, -0.15) is 0 Å². The van der Waals surface area contributed by atoms with Crippen LogP contribution in [0.5, 0.6) is 0 Å². The monoisotopic (exact) mass is 234 g/mol. The van der Waals surface area contributed by atoms with Gasteiger partial charge < -0.3 is 5.32 Å². The Kier molecular flexibility index (Phi) is 5.49. The molecule has 1 aromatic carbocycles. The van der Waals surface area contributed by atoms with Gasteiger partial charge in [-0.3, -0.25) is 10.4 Å². The Hall–Kier alpha value is -1.55. The van der Waals surface area contributed by atoms with Gasteiger partial charge in [-0.25, -0.2) is 5.84 Å². The fourth-order valence-electron chi connectivity index (χ4n) is 1.50. The van der Waals surface area contributed by atoms with Crippen molar-refractivity contribution >= 4 is 5.96 Å². The summed E-state index contributed by atoms with van der Waals surface area (Å²) in [6.45, 7) is 7.02. The maximum Gasteiger partial charge on any atom is 0.206 e. The average molecular weight is 234 g/mol. The second-order valence-electron chi connectivity index (χ2n) is 4.15. The summed E-state index contributed by atoms with van der Waals surface area (Å²) < 4.78 is 0. The zero-order chi connectivity index (χ0) is 12.7. The highest BCUT2D eigenvalue weighted by atomic mass is 15.3. The molecule has 4 heteroatoms. The second-order valence-corrected chi connectivity index (χ2v) is 4.15. The maximum absolute atomic E-state index is 5.42.